The summed E-state index contributed by atoms with van der Waals surface area (Å²) in [4.78, 5) is 0. The molecule has 0 aliphatic carbocycles. The van der Waals surface area contributed by atoms with Crippen LogP contribution < -0.4 is 14.8 Å². The Bertz CT molecular complexity index is 948. The lowest BCUT2D eigenvalue weighted by Crippen LogP contribution is -2.17. The quantitative estimate of drug-likeness (QED) is 0.416. The van der Waals surface area contributed by atoms with Gasteiger partial charge in [0.2, 0.25) is 0 Å². The molecule has 1 N–H and O–H groups in total. The van der Waals surface area contributed by atoms with Gasteiger partial charge in [0, 0.05) is 22.7 Å². The smallest absolute Gasteiger partial charge is 0.163 e. The van der Waals surface area contributed by atoms with Crippen LogP contribution in [0.15, 0.2) is 60.7 Å². The maximum absolute atomic E-state index is 13.0. The third kappa shape index (κ3) is 6.36. The second-order valence-corrected chi connectivity index (χ2v) is 7.41. The zero-order valence-electron chi connectivity index (χ0n) is 16.1. The van der Waals surface area contributed by atoms with Crippen molar-refractivity contribution in [3.05, 3.63) is 93.2 Å². The first-order valence-corrected chi connectivity index (χ1v) is 9.99. The van der Waals surface area contributed by atoms with Crippen molar-refractivity contribution in [3.8, 4) is 11.5 Å². The summed E-state index contributed by atoms with van der Waals surface area (Å²) < 4.78 is 24.3. The minimum Gasteiger partial charge on any atom is -0.493 e. The highest BCUT2D eigenvalue weighted by Crippen LogP contribution is 2.34. The highest BCUT2D eigenvalue weighted by Gasteiger charge is 2.11. The predicted octanol–water partition coefficient (Wildman–Crippen LogP) is 6.05. The third-order valence-corrected chi connectivity index (χ3v) is 5.02. The first-order chi connectivity index (χ1) is 14.0. The Labute approximate surface area is 180 Å². The van der Waals surface area contributed by atoms with E-state index in [0.717, 1.165) is 29.7 Å². The molecule has 0 radical (unpaired) electrons. The van der Waals surface area contributed by atoms with Crippen LogP contribution in [-0.2, 0) is 19.6 Å². The fraction of sp³-hybridized carbons (Fsp3) is 0.217. The molecule has 0 unspecified atom stereocenters. The van der Waals surface area contributed by atoms with Crippen molar-refractivity contribution in [1.82, 2.24) is 5.32 Å². The lowest BCUT2D eigenvalue weighted by molar-refractivity contribution is 0.284. The van der Waals surface area contributed by atoms with Crippen LogP contribution in [0.5, 0.6) is 11.5 Å². The summed E-state index contributed by atoms with van der Waals surface area (Å²) >= 11 is 12.5. The summed E-state index contributed by atoms with van der Waals surface area (Å²) in [7, 11) is 1.60. The monoisotopic (exact) mass is 433 g/mol. The molecule has 3 rings (SSSR count). The number of methoxy groups -OCH3 is 1. The van der Waals surface area contributed by atoms with Gasteiger partial charge in [-0.2, -0.15) is 0 Å². The number of hydrogen-bond acceptors (Lipinski definition) is 3. The topological polar surface area (TPSA) is 30.5 Å². The molecule has 0 bridgehead atoms. The maximum atomic E-state index is 13.0. The van der Waals surface area contributed by atoms with Gasteiger partial charge in [0.25, 0.3) is 0 Å². The van der Waals surface area contributed by atoms with Gasteiger partial charge in [0.1, 0.15) is 12.4 Å². The van der Waals surface area contributed by atoms with E-state index in [4.69, 9.17) is 32.7 Å². The molecule has 3 nitrogen and oxygen atoms in total. The zero-order valence-corrected chi connectivity index (χ0v) is 17.6. The van der Waals surface area contributed by atoms with Gasteiger partial charge in [-0.05, 0) is 60.0 Å². The van der Waals surface area contributed by atoms with Gasteiger partial charge in [-0.3, -0.25) is 0 Å². The van der Waals surface area contributed by atoms with E-state index in [2.05, 4.69) is 5.32 Å². The van der Waals surface area contributed by atoms with Crippen molar-refractivity contribution >= 4 is 23.2 Å². The van der Waals surface area contributed by atoms with Crippen molar-refractivity contribution in [1.29, 1.82) is 0 Å². The lowest BCUT2D eigenvalue weighted by Gasteiger charge is -2.14. The predicted molar refractivity (Wildman–Crippen MR) is 116 cm³/mol. The Balaban J connectivity index is 1.57. The van der Waals surface area contributed by atoms with Crippen LogP contribution in [0.4, 0.5) is 4.39 Å². The van der Waals surface area contributed by atoms with Gasteiger partial charge >= 0.3 is 0 Å². The van der Waals surface area contributed by atoms with Crippen LogP contribution in [0.2, 0.25) is 10.0 Å². The van der Waals surface area contributed by atoms with Gasteiger partial charge in [-0.15, -0.1) is 0 Å². The molecular formula is C23H22Cl2FNO2. The van der Waals surface area contributed by atoms with Crippen LogP contribution >= 0.6 is 23.2 Å². The highest BCUT2D eigenvalue weighted by atomic mass is 35.5. The summed E-state index contributed by atoms with van der Waals surface area (Å²) in [6, 6.07) is 17.7. The zero-order chi connectivity index (χ0) is 20.6. The Morgan fingerprint density at radius 1 is 0.931 bits per heavy atom. The van der Waals surface area contributed by atoms with E-state index in [1.165, 1.54) is 12.1 Å². The summed E-state index contributed by atoms with van der Waals surface area (Å²) in [6.45, 7) is 1.70. The first kappa shape index (κ1) is 21.4. The maximum Gasteiger partial charge on any atom is 0.163 e. The van der Waals surface area contributed by atoms with Gasteiger partial charge in [0.05, 0.1) is 7.11 Å². The Kier molecular flexibility index (Phi) is 7.76. The minimum atomic E-state index is -0.224. The number of hydrogen-bond donors (Lipinski definition) is 1. The van der Waals surface area contributed by atoms with E-state index in [0.29, 0.717) is 34.7 Å². The fourth-order valence-corrected chi connectivity index (χ4v) is 3.31. The average molecular weight is 434 g/mol. The van der Waals surface area contributed by atoms with E-state index in [1.54, 1.807) is 25.3 Å². The minimum absolute atomic E-state index is 0.224. The average Bonchev–Trinajstić information content (AvgIpc) is 2.72. The molecule has 0 saturated heterocycles. The second kappa shape index (κ2) is 10.5. The summed E-state index contributed by atoms with van der Waals surface area (Å²) in [5.74, 6) is 0.970. The third-order valence-electron chi connectivity index (χ3n) is 4.44. The number of nitrogens with one attached hydrogen (secondary N) is 1. The summed E-state index contributed by atoms with van der Waals surface area (Å²) in [6.07, 6.45) is 0.801. The molecule has 0 saturated carbocycles. The molecular weight excluding hydrogens is 412 g/mol. The van der Waals surface area contributed by atoms with Crippen LogP contribution in [0.1, 0.15) is 16.7 Å². The van der Waals surface area contributed by atoms with Crippen molar-refractivity contribution in [2.75, 3.05) is 13.7 Å². The van der Waals surface area contributed by atoms with E-state index >= 15 is 0 Å². The van der Waals surface area contributed by atoms with Crippen molar-refractivity contribution in [2.45, 2.75) is 19.6 Å². The van der Waals surface area contributed by atoms with Crippen molar-refractivity contribution < 1.29 is 13.9 Å². The largest absolute Gasteiger partial charge is 0.493 e. The normalized spacial score (nSPS) is 10.8. The Morgan fingerprint density at radius 3 is 2.45 bits per heavy atom. The van der Waals surface area contributed by atoms with Gasteiger partial charge < -0.3 is 14.8 Å². The number of halogens is 3. The molecule has 0 aliphatic rings. The van der Waals surface area contributed by atoms with E-state index in [-0.39, 0.29) is 5.82 Å². The van der Waals surface area contributed by atoms with Crippen molar-refractivity contribution in [2.24, 2.45) is 0 Å². The van der Waals surface area contributed by atoms with Gasteiger partial charge in [-0.25, -0.2) is 4.39 Å². The van der Waals surface area contributed by atoms with Crippen molar-refractivity contribution in [3.63, 3.8) is 0 Å². The van der Waals surface area contributed by atoms with E-state index in [1.807, 2.05) is 30.3 Å². The molecule has 3 aromatic carbocycles. The lowest BCUT2D eigenvalue weighted by atomic mass is 10.1. The Hall–Kier alpha value is -2.27. The van der Waals surface area contributed by atoms with Crippen LogP contribution in [0.25, 0.3) is 0 Å². The van der Waals surface area contributed by atoms with Crippen LogP contribution in [0.3, 0.4) is 0 Å². The SMILES string of the molecule is COc1cc(CNCCc2ccc(F)cc2)c(Cl)cc1OCc1cccc(Cl)c1. The molecule has 0 fully saturated rings. The van der Waals surface area contributed by atoms with Crippen LogP contribution in [-0.4, -0.2) is 13.7 Å². The fourth-order valence-electron chi connectivity index (χ4n) is 2.88. The molecule has 0 amide bonds. The van der Waals surface area contributed by atoms with Gasteiger partial charge in [0.15, 0.2) is 11.5 Å². The molecule has 0 heterocycles. The van der Waals surface area contributed by atoms with Crippen LogP contribution in [0, 0.1) is 5.82 Å². The number of ether oxygens (including phenoxy) is 2. The highest BCUT2D eigenvalue weighted by molar-refractivity contribution is 6.31. The summed E-state index contributed by atoms with van der Waals surface area (Å²) in [5, 5.41) is 4.61. The molecule has 0 spiro atoms. The molecule has 29 heavy (non-hydrogen) atoms. The molecule has 0 aromatic heterocycles. The molecule has 3 aromatic rings. The summed E-state index contributed by atoms with van der Waals surface area (Å²) in [5.41, 5.74) is 2.95. The molecule has 152 valence electrons. The standard InChI is InChI=1S/C23H22Cl2FNO2/c1-28-22-12-18(14-27-10-9-16-5-7-20(26)8-6-16)21(25)13-23(22)29-15-17-3-2-4-19(24)11-17/h2-8,11-13,27H,9-10,14-15H2,1H3. The number of benzene rings is 3. The molecule has 0 atom stereocenters. The van der Waals surface area contributed by atoms with Gasteiger partial charge in [-0.1, -0.05) is 47.5 Å². The molecule has 0 aliphatic heterocycles. The van der Waals surface area contributed by atoms with E-state index < -0.39 is 0 Å². The second-order valence-electron chi connectivity index (χ2n) is 6.57. The molecule has 6 heteroatoms. The van der Waals surface area contributed by atoms with E-state index in [9.17, 15) is 4.39 Å². The first-order valence-electron chi connectivity index (χ1n) is 9.24. The Morgan fingerprint density at radius 2 is 1.72 bits per heavy atom. The number of rotatable bonds is 9.